The van der Waals surface area contributed by atoms with Crippen molar-refractivity contribution in [2.45, 2.75) is 43.8 Å². The Morgan fingerprint density at radius 1 is 1.08 bits per heavy atom. The molecule has 6 rings (SSSR count). The van der Waals surface area contributed by atoms with Crippen LogP contribution in [0.4, 0.5) is 24.8 Å². The number of rotatable bonds is 5. The number of hydrogen-bond donors (Lipinski definition) is 2. The molecule has 0 amide bonds. The summed E-state index contributed by atoms with van der Waals surface area (Å²) in [7, 11) is 0. The zero-order valence-electron chi connectivity index (χ0n) is 20.3. The topological polar surface area (TPSA) is 90.4 Å². The average Bonchev–Trinajstić information content (AvgIpc) is 3.24. The molecule has 7 nitrogen and oxygen atoms in total. The molecule has 3 unspecified atom stereocenters. The van der Waals surface area contributed by atoms with E-state index in [4.69, 9.17) is 10.5 Å². The van der Waals surface area contributed by atoms with E-state index in [0.29, 0.717) is 17.4 Å². The molecule has 10 heteroatoms. The number of imidazole rings is 1. The Balaban J connectivity index is 1.35. The summed E-state index contributed by atoms with van der Waals surface area (Å²) in [5.41, 5.74) is 6.59. The van der Waals surface area contributed by atoms with Crippen LogP contribution in [0.2, 0.25) is 0 Å². The number of benzene rings is 1. The number of anilines is 2. The number of fused-ring (bicyclic) bond motifs is 1. The van der Waals surface area contributed by atoms with Gasteiger partial charge >= 0.3 is 0 Å². The van der Waals surface area contributed by atoms with Gasteiger partial charge in [-0.2, -0.15) is 9.61 Å². The second kappa shape index (κ2) is 9.11. The number of alkyl halides is 1. The molecule has 0 radical (unpaired) electrons. The molecule has 1 saturated heterocycles. The van der Waals surface area contributed by atoms with E-state index in [1.165, 1.54) is 10.6 Å². The quantitative estimate of drug-likeness (QED) is 0.383. The summed E-state index contributed by atoms with van der Waals surface area (Å²) in [6, 6.07) is 7.35. The summed E-state index contributed by atoms with van der Waals surface area (Å²) in [6.45, 7) is 1.77. The van der Waals surface area contributed by atoms with Crippen LogP contribution in [0, 0.1) is 17.6 Å². The first-order chi connectivity index (χ1) is 17.8. The van der Waals surface area contributed by atoms with Crippen molar-refractivity contribution < 1.29 is 17.9 Å². The second-order valence-electron chi connectivity index (χ2n) is 10.3. The number of nitrogens with two attached hydrogens (primary N) is 1. The van der Waals surface area contributed by atoms with Crippen LogP contribution in [-0.4, -0.2) is 38.8 Å². The van der Waals surface area contributed by atoms with Gasteiger partial charge in [-0.15, -0.1) is 0 Å². The highest BCUT2D eigenvalue weighted by atomic mass is 19.1. The van der Waals surface area contributed by atoms with Gasteiger partial charge in [-0.3, -0.25) is 4.98 Å². The van der Waals surface area contributed by atoms with Gasteiger partial charge < -0.3 is 15.8 Å². The van der Waals surface area contributed by atoms with Crippen molar-refractivity contribution in [3.8, 4) is 11.3 Å². The summed E-state index contributed by atoms with van der Waals surface area (Å²) in [5, 5.41) is 7.78. The van der Waals surface area contributed by atoms with E-state index in [0.717, 1.165) is 42.6 Å². The molecule has 1 aliphatic heterocycles. The van der Waals surface area contributed by atoms with Gasteiger partial charge in [0.15, 0.2) is 5.67 Å². The smallest absolute Gasteiger partial charge is 0.229 e. The minimum absolute atomic E-state index is 0.0614. The molecule has 37 heavy (non-hydrogen) atoms. The molecular weight excluding hydrogens is 481 g/mol. The lowest BCUT2D eigenvalue weighted by Gasteiger charge is -2.34. The van der Waals surface area contributed by atoms with E-state index in [9.17, 15) is 4.39 Å². The Bertz CT molecular complexity index is 1440. The zero-order chi connectivity index (χ0) is 25.7. The predicted octanol–water partition coefficient (Wildman–Crippen LogP) is 5.24. The fourth-order valence-corrected chi connectivity index (χ4v) is 5.52. The van der Waals surface area contributed by atoms with Crippen LogP contribution < -0.4 is 11.1 Å². The van der Waals surface area contributed by atoms with Crippen LogP contribution in [0.3, 0.4) is 0 Å². The fourth-order valence-electron chi connectivity index (χ4n) is 5.52. The lowest BCUT2D eigenvalue weighted by Crippen LogP contribution is -2.42. The maximum absolute atomic E-state index is 15.0. The van der Waals surface area contributed by atoms with E-state index in [1.54, 1.807) is 24.7 Å². The molecule has 0 bridgehead atoms. The molecule has 2 fully saturated rings. The summed E-state index contributed by atoms with van der Waals surface area (Å²) < 4.78 is 51.1. The van der Waals surface area contributed by atoms with Crippen molar-refractivity contribution in [1.82, 2.24) is 19.6 Å². The molecule has 2 aliphatic rings. The second-order valence-corrected chi connectivity index (χ2v) is 10.3. The Hall–Kier alpha value is -3.50. The number of nitrogens with zero attached hydrogens (tertiary/aromatic N) is 4. The van der Waals surface area contributed by atoms with Gasteiger partial charge in [-0.05, 0) is 72.6 Å². The average molecular weight is 509 g/mol. The third kappa shape index (κ3) is 4.34. The van der Waals surface area contributed by atoms with Crippen LogP contribution in [0.1, 0.15) is 43.2 Å². The molecular formula is C27H27F3N6O. The number of aromatic nitrogens is 4. The molecule has 1 saturated carbocycles. The van der Waals surface area contributed by atoms with Crippen molar-refractivity contribution in [2.75, 3.05) is 18.5 Å². The normalized spacial score (nSPS) is 23.1. The van der Waals surface area contributed by atoms with Gasteiger partial charge in [0.2, 0.25) is 5.95 Å². The Morgan fingerprint density at radius 3 is 2.57 bits per heavy atom. The van der Waals surface area contributed by atoms with Gasteiger partial charge in [0, 0.05) is 12.2 Å². The zero-order valence-corrected chi connectivity index (χ0v) is 20.3. The van der Waals surface area contributed by atoms with E-state index in [1.807, 2.05) is 6.07 Å². The molecule has 192 valence electrons. The minimum Gasteiger partial charge on any atom is -0.374 e. The first-order valence-electron chi connectivity index (χ1n) is 12.4. The maximum Gasteiger partial charge on any atom is 0.229 e. The van der Waals surface area contributed by atoms with Gasteiger partial charge in [-0.1, -0.05) is 6.92 Å². The van der Waals surface area contributed by atoms with Crippen molar-refractivity contribution in [3.63, 3.8) is 0 Å². The predicted molar refractivity (Wildman–Crippen MR) is 133 cm³/mol. The summed E-state index contributed by atoms with van der Waals surface area (Å²) in [4.78, 5) is 8.71. The maximum atomic E-state index is 15.0. The highest BCUT2D eigenvalue weighted by Crippen LogP contribution is 2.39. The standard InChI is InChI=1S/C27H27F3N6O/c1-15-6-16(8-18(31)7-15)20-4-5-32-12-24(20)34-26-33-11-19-2-3-23(35-36(19)26)25-21(28)9-17(10-22(25)29)27(30)13-37-14-27/h2-5,9-12,15-16,18H,6-8,13-14,31H2,1H3,(H,33,34). The van der Waals surface area contributed by atoms with E-state index >= 15 is 8.78 Å². The van der Waals surface area contributed by atoms with Crippen molar-refractivity contribution in [1.29, 1.82) is 0 Å². The van der Waals surface area contributed by atoms with Gasteiger partial charge in [-0.25, -0.2) is 18.2 Å². The Labute approximate surface area is 211 Å². The van der Waals surface area contributed by atoms with E-state index in [-0.39, 0.29) is 42.0 Å². The molecule has 3 aromatic heterocycles. The molecule has 4 heterocycles. The Morgan fingerprint density at radius 2 is 1.86 bits per heavy atom. The van der Waals surface area contributed by atoms with Crippen molar-refractivity contribution in [3.05, 3.63) is 71.7 Å². The van der Waals surface area contributed by atoms with E-state index in [2.05, 4.69) is 27.3 Å². The minimum atomic E-state index is -1.87. The highest BCUT2D eigenvalue weighted by Gasteiger charge is 2.41. The van der Waals surface area contributed by atoms with Crippen molar-refractivity contribution in [2.24, 2.45) is 11.7 Å². The number of pyridine rings is 1. The fraction of sp³-hybridized carbons (Fsp3) is 0.370. The molecule has 3 atom stereocenters. The molecule has 0 spiro atoms. The summed E-state index contributed by atoms with van der Waals surface area (Å²) >= 11 is 0. The SMILES string of the molecule is CC1CC(N)CC(c2ccncc2Nc2ncc3ccc(-c4c(F)cc(C5(F)COC5)cc4F)nn23)C1. The summed E-state index contributed by atoms with van der Waals surface area (Å²) in [5.74, 6) is -0.603. The van der Waals surface area contributed by atoms with E-state index < -0.39 is 17.3 Å². The summed E-state index contributed by atoms with van der Waals surface area (Å²) in [6.07, 6.45) is 8.04. The number of hydrogen-bond acceptors (Lipinski definition) is 6. The van der Waals surface area contributed by atoms with Crippen LogP contribution in [-0.2, 0) is 10.4 Å². The van der Waals surface area contributed by atoms with Gasteiger partial charge in [0.05, 0.1) is 48.1 Å². The molecule has 3 N–H and O–H groups in total. The van der Waals surface area contributed by atoms with Crippen LogP contribution >= 0.6 is 0 Å². The Kier molecular flexibility index (Phi) is 5.88. The first-order valence-corrected chi connectivity index (χ1v) is 12.4. The van der Waals surface area contributed by atoms with Crippen molar-refractivity contribution >= 4 is 17.2 Å². The van der Waals surface area contributed by atoms with Crippen LogP contribution in [0.25, 0.3) is 16.8 Å². The number of nitrogens with one attached hydrogen (secondary N) is 1. The largest absolute Gasteiger partial charge is 0.374 e. The van der Waals surface area contributed by atoms with Crippen LogP contribution in [0.15, 0.2) is 48.9 Å². The highest BCUT2D eigenvalue weighted by molar-refractivity contribution is 5.66. The lowest BCUT2D eigenvalue weighted by molar-refractivity contribution is -0.135. The monoisotopic (exact) mass is 508 g/mol. The van der Waals surface area contributed by atoms with Gasteiger partial charge in [0.1, 0.15) is 11.6 Å². The lowest BCUT2D eigenvalue weighted by atomic mass is 9.76. The first kappa shape index (κ1) is 23.9. The number of ether oxygens (including phenoxy) is 1. The number of halogens is 3. The van der Waals surface area contributed by atoms with Gasteiger partial charge in [0.25, 0.3) is 0 Å². The molecule has 1 aromatic carbocycles. The van der Waals surface area contributed by atoms with Crippen LogP contribution in [0.5, 0.6) is 0 Å². The third-order valence-electron chi connectivity index (χ3n) is 7.38. The third-order valence-corrected chi connectivity index (χ3v) is 7.38. The molecule has 4 aromatic rings. The molecule has 1 aliphatic carbocycles.